The van der Waals surface area contributed by atoms with E-state index in [1.165, 1.54) is 6.92 Å². The predicted molar refractivity (Wildman–Crippen MR) is 44.7 cm³/mol. The molecular formula is C8H15NO4. The van der Waals surface area contributed by atoms with Crippen molar-refractivity contribution in [2.24, 2.45) is 0 Å². The molecule has 0 aliphatic carbocycles. The van der Waals surface area contributed by atoms with Gasteiger partial charge >= 0.3 is 5.97 Å². The van der Waals surface area contributed by atoms with Crippen molar-refractivity contribution in [1.29, 1.82) is 0 Å². The smallest absolute Gasteiger partial charge is 0.337 e. The Morgan fingerprint density at radius 1 is 1.77 bits per heavy atom. The first kappa shape index (κ1) is 10.4. The second-order valence-corrected chi connectivity index (χ2v) is 3.78. The number of carbonyl (C=O) groups is 1. The van der Waals surface area contributed by atoms with Crippen molar-refractivity contribution in [2.45, 2.75) is 38.8 Å². The van der Waals surface area contributed by atoms with Gasteiger partial charge in [0, 0.05) is 5.54 Å². The van der Waals surface area contributed by atoms with E-state index < -0.39 is 18.5 Å². The lowest BCUT2D eigenvalue weighted by atomic mass is 10.1. The van der Waals surface area contributed by atoms with Crippen LogP contribution >= 0.6 is 0 Å². The lowest BCUT2D eigenvalue weighted by Gasteiger charge is -2.17. The number of carbonyl (C=O) groups excluding carboxylic acids is 1. The van der Waals surface area contributed by atoms with Crippen LogP contribution in [0.4, 0.5) is 0 Å². The maximum atomic E-state index is 10.9. The minimum absolute atomic E-state index is 0.191. The molecule has 2 unspecified atom stereocenters. The Morgan fingerprint density at radius 3 is 2.77 bits per heavy atom. The van der Waals surface area contributed by atoms with E-state index in [-0.39, 0.29) is 5.54 Å². The van der Waals surface area contributed by atoms with Crippen LogP contribution in [0, 0.1) is 0 Å². The molecule has 1 aliphatic rings. The van der Waals surface area contributed by atoms with Gasteiger partial charge in [-0.25, -0.2) is 4.79 Å². The standard InChI is InChI=1S/C8H15NO4/c1-5(10)6(11)13-7-9-8(2,3)4-12-7/h5,7,9-10H,4H2,1-3H3. The largest absolute Gasteiger partial charge is 0.420 e. The van der Waals surface area contributed by atoms with Gasteiger partial charge in [-0.05, 0) is 20.8 Å². The van der Waals surface area contributed by atoms with Gasteiger partial charge in [0.1, 0.15) is 6.10 Å². The fourth-order valence-corrected chi connectivity index (χ4v) is 0.954. The van der Waals surface area contributed by atoms with E-state index in [2.05, 4.69) is 5.32 Å². The first-order valence-corrected chi connectivity index (χ1v) is 4.18. The molecule has 1 rings (SSSR count). The van der Waals surface area contributed by atoms with Crippen molar-refractivity contribution in [2.75, 3.05) is 6.61 Å². The van der Waals surface area contributed by atoms with Gasteiger partial charge in [-0.1, -0.05) is 0 Å². The molecule has 0 aromatic rings. The summed E-state index contributed by atoms with van der Waals surface area (Å²) in [5.41, 5.74) is -0.191. The fraction of sp³-hybridized carbons (Fsp3) is 0.875. The van der Waals surface area contributed by atoms with Crippen molar-refractivity contribution in [3.8, 4) is 0 Å². The first-order chi connectivity index (χ1) is 5.91. The summed E-state index contributed by atoms with van der Waals surface area (Å²) in [5.74, 6) is -0.685. The number of rotatable bonds is 2. The van der Waals surface area contributed by atoms with E-state index in [0.717, 1.165) is 0 Å². The van der Waals surface area contributed by atoms with Gasteiger partial charge in [-0.15, -0.1) is 0 Å². The highest BCUT2D eigenvalue weighted by molar-refractivity contribution is 5.73. The zero-order chi connectivity index (χ0) is 10.1. The van der Waals surface area contributed by atoms with Crippen molar-refractivity contribution >= 4 is 5.97 Å². The highest BCUT2D eigenvalue weighted by atomic mass is 16.7. The third kappa shape index (κ3) is 2.95. The molecule has 5 nitrogen and oxygen atoms in total. The molecule has 5 heteroatoms. The van der Waals surface area contributed by atoms with Crippen LogP contribution in [-0.4, -0.2) is 35.7 Å². The summed E-state index contributed by atoms with van der Waals surface area (Å²) in [6, 6.07) is 0. The maximum Gasteiger partial charge on any atom is 0.337 e. The molecule has 0 radical (unpaired) electrons. The van der Waals surface area contributed by atoms with Crippen LogP contribution in [0.15, 0.2) is 0 Å². The first-order valence-electron chi connectivity index (χ1n) is 4.18. The number of esters is 1. The van der Waals surface area contributed by atoms with Gasteiger partial charge in [0.2, 0.25) is 0 Å². The molecule has 0 spiro atoms. The molecule has 1 heterocycles. The van der Waals surface area contributed by atoms with Crippen LogP contribution in [-0.2, 0) is 14.3 Å². The molecule has 2 atom stereocenters. The van der Waals surface area contributed by atoms with Crippen LogP contribution in [0.25, 0.3) is 0 Å². The molecule has 1 saturated heterocycles. The zero-order valence-electron chi connectivity index (χ0n) is 8.03. The molecule has 0 aromatic heterocycles. The van der Waals surface area contributed by atoms with Gasteiger partial charge < -0.3 is 14.6 Å². The molecule has 1 fully saturated rings. The Morgan fingerprint density at radius 2 is 2.38 bits per heavy atom. The maximum absolute atomic E-state index is 10.9. The van der Waals surface area contributed by atoms with E-state index in [4.69, 9.17) is 14.6 Å². The molecule has 0 amide bonds. The minimum Gasteiger partial charge on any atom is -0.420 e. The minimum atomic E-state index is -1.12. The summed E-state index contributed by atoms with van der Waals surface area (Å²) >= 11 is 0. The van der Waals surface area contributed by atoms with Crippen molar-refractivity contribution < 1.29 is 19.4 Å². The number of aliphatic hydroxyl groups excluding tert-OH is 1. The number of ether oxygens (including phenoxy) is 2. The summed E-state index contributed by atoms with van der Waals surface area (Å²) in [4.78, 5) is 10.9. The Bertz CT molecular complexity index is 202. The average molecular weight is 189 g/mol. The molecule has 13 heavy (non-hydrogen) atoms. The number of hydrogen-bond acceptors (Lipinski definition) is 5. The normalized spacial score (nSPS) is 28.5. The summed E-state index contributed by atoms with van der Waals surface area (Å²) in [6.07, 6.45) is -1.86. The van der Waals surface area contributed by atoms with Gasteiger partial charge in [0.15, 0.2) is 0 Å². The lowest BCUT2D eigenvalue weighted by molar-refractivity contribution is -0.181. The molecule has 1 aliphatic heterocycles. The topological polar surface area (TPSA) is 67.8 Å². The van der Waals surface area contributed by atoms with Crippen molar-refractivity contribution in [1.82, 2.24) is 5.32 Å². The highest BCUT2D eigenvalue weighted by Crippen LogP contribution is 2.14. The van der Waals surface area contributed by atoms with Crippen LogP contribution in [0.5, 0.6) is 0 Å². The summed E-state index contributed by atoms with van der Waals surface area (Å²) in [6.45, 7) is 5.69. The molecule has 76 valence electrons. The van der Waals surface area contributed by atoms with Crippen molar-refractivity contribution in [3.63, 3.8) is 0 Å². The zero-order valence-corrected chi connectivity index (χ0v) is 8.03. The molecule has 0 saturated carbocycles. The van der Waals surface area contributed by atoms with Crippen LogP contribution < -0.4 is 5.32 Å². The summed E-state index contributed by atoms with van der Waals surface area (Å²) in [5, 5.41) is 11.8. The Hall–Kier alpha value is -0.650. The average Bonchev–Trinajstić information content (AvgIpc) is 2.30. The van der Waals surface area contributed by atoms with Gasteiger partial charge in [-0.3, -0.25) is 5.32 Å². The predicted octanol–water partition coefficient (Wildman–Crippen LogP) is -0.408. The summed E-state index contributed by atoms with van der Waals surface area (Å²) < 4.78 is 9.91. The van der Waals surface area contributed by atoms with Crippen LogP contribution in [0.2, 0.25) is 0 Å². The lowest BCUT2D eigenvalue weighted by Crippen LogP contribution is -2.41. The molecule has 2 N–H and O–H groups in total. The van der Waals surface area contributed by atoms with Gasteiger partial charge in [0.25, 0.3) is 6.41 Å². The number of hydrogen-bond donors (Lipinski definition) is 2. The SMILES string of the molecule is CC(O)C(=O)OC1NC(C)(C)CO1. The quantitative estimate of drug-likeness (QED) is 0.578. The second-order valence-electron chi connectivity index (χ2n) is 3.78. The molecular weight excluding hydrogens is 174 g/mol. The van der Waals surface area contributed by atoms with E-state index in [1.54, 1.807) is 0 Å². The Balaban J connectivity index is 2.37. The third-order valence-electron chi connectivity index (χ3n) is 1.67. The van der Waals surface area contributed by atoms with Gasteiger partial charge in [0.05, 0.1) is 6.61 Å². The summed E-state index contributed by atoms with van der Waals surface area (Å²) in [7, 11) is 0. The van der Waals surface area contributed by atoms with Crippen molar-refractivity contribution in [3.05, 3.63) is 0 Å². The van der Waals surface area contributed by atoms with Crippen LogP contribution in [0.1, 0.15) is 20.8 Å². The van der Waals surface area contributed by atoms with E-state index in [9.17, 15) is 4.79 Å². The second kappa shape index (κ2) is 3.61. The number of aliphatic hydroxyl groups is 1. The van der Waals surface area contributed by atoms with E-state index in [1.807, 2.05) is 13.8 Å². The molecule has 0 aromatic carbocycles. The van der Waals surface area contributed by atoms with Gasteiger partial charge in [-0.2, -0.15) is 0 Å². The third-order valence-corrected chi connectivity index (χ3v) is 1.67. The monoisotopic (exact) mass is 189 g/mol. The Labute approximate surface area is 77.0 Å². The fourth-order valence-electron chi connectivity index (χ4n) is 0.954. The number of nitrogens with one attached hydrogen (secondary N) is 1. The van der Waals surface area contributed by atoms with Crippen LogP contribution in [0.3, 0.4) is 0 Å². The molecule has 0 bridgehead atoms. The Kier molecular flexibility index (Phi) is 2.90. The van der Waals surface area contributed by atoms with E-state index >= 15 is 0 Å². The van der Waals surface area contributed by atoms with E-state index in [0.29, 0.717) is 6.61 Å². The highest BCUT2D eigenvalue weighted by Gasteiger charge is 2.33.